The van der Waals surface area contributed by atoms with Gasteiger partial charge in [0, 0.05) is 13.0 Å². The van der Waals surface area contributed by atoms with E-state index in [9.17, 15) is 22.2 Å². The van der Waals surface area contributed by atoms with Crippen LogP contribution < -0.4 is 5.32 Å². The molecule has 0 spiro atoms. The lowest BCUT2D eigenvalue weighted by Crippen LogP contribution is -2.54. The number of halogens is 1. The van der Waals surface area contributed by atoms with E-state index in [4.69, 9.17) is 5.11 Å². The second-order valence-corrected chi connectivity index (χ2v) is 6.07. The second-order valence-electron chi connectivity index (χ2n) is 4.62. The molecule has 2 N–H and O–H groups in total. The van der Waals surface area contributed by atoms with Gasteiger partial charge in [-0.1, -0.05) is 0 Å². The lowest BCUT2D eigenvalue weighted by atomic mass is 10.2. The highest BCUT2D eigenvalue weighted by molar-refractivity contribution is 7.85. The Morgan fingerprint density at radius 1 is 1.50 bits per heavy atom. The van der Waals surface area contributed by atoms with Crippen LogP contribution in [0.25, 0.3) is 0 Å². The van der Waals surface area contributed by atoms with Gasteiger partial charge in [-0.05, 0) is 0 Å². The number of carbonyl (C=O) groups excluding carboxylic acids is 1. The van der Waals surface area contributed by atoms with Gasteiger partial charge in [0.05, 0.1) is 33.0 Å². The molecule has 1 atom stereocenters. The number of aliphatic hydroxyl groups excluding tert-OH is 1. The molecule has 0 aliphatic carbocycles. The molecule has 1 amide bonds. The number of nitrogens with one attached hydrogen (secondary N) is 1. The van der Waals surface area contributed by atoms with E-state index in [0.29, 0.717) is 13.0 Å². The summed E-state index contributed by atoms with van der Waals surface area (Å²) in [5, 5.41) is 11.1. The van der Waals surface area contributed by atoms with Crippen molar-refractivity contribution in [3.8, 4) is 0 Å². The van der Waals surface area contributed by atoms with Crippen molar-refractivity contribution in [3.63, 3.8) is 0 Å². The average molecular weight is 286 g/mol. The van der Waals surface area contributed by atoms with Crippen LogP contribution in [0.15, 0.2) is 0 Å². The molecule has 0 aliphatic heterocycles. The van der Waals surface area contributed by atoms with Gasteiger partial charge < -0.3 is 19.5 Å². The summed E-state index contributed by atoms with van der Waals surface area (Å²) in [6, 6.07) is -0.742. The minimum absolute atomic E-state index is 0.0973. The zero-order valence-electron chi connectivity index (χ0n) is 10.4. The Hall–Kier alpha value is -0.770. The molecule has 0 aromatic heterocycles. The third-order valence-electron chi connectivity index (χ3n) is 2.77. The van der Waals surface area contributed by atoms with Crippen LogP contribution in [0.5, 0.6) is 0 Å². The van der Waals surface area contributed by atoms with Crippen LogP contribution in [-0.2, 0) is 10.1 Å². The zero-order valence-corrected chi connectivity index (χ0v) is 11.2. The first-order chi connectivity index (χ1) is 8.08. The van der Waals surface area contributed by atoms with Gasteiger partial charge in [-0.25, -0.2) is 13.2 Å². The summed E-state index contributed by atoms with van der Waals surface area (Å²) in [6.07, 6.45) is -1.22. The maximum Gasteiger partial charge on any atom is 0.397 e. The topological polar surface area (TPSA) is 107 Å². The quantitative estimate of drug-likeness (QED) is 0.196. The summed E-state index contributed by atoms with van der Waals surface area (Å²) < 4.78 is 44.0. The number of aliphatic hydroxyl groups is 1. The predicted molar refractivity (Wildman–Crippen MR) is 61.5 cm³/mol. The standard InChI is InChI=1S/C9H19FN2O5S/c1-12(2,5-3-4-11-9(10)14)8(6-13)7-18(15,16)17/h8,13H,3-7H2,1-2H3,(H-,11,14,15,16,17). The molecular formula is C9H19FN2O5S. The van der Waals surface area contributed by atoms with Crippen molar-refractivity contribution < 1.29 is 31.7 Å². The molecule has 0 fully saturated rings. The molecule has 7 nitrogen and oxygen atoms in total. The van der Waals surface area contributed by atoms with Gasteiger partial charge in [-0.2, -0.15) is 0 Å². The van der Waals surface area contributed by atoms with Gasteiger partial charge >= 0.3 is 6.16 Å². The maximum absolute atomic E-state index is 11.9. The van der Waals surface area contributed by atoms with Gasteiger partial charge in [0.25, 0.3) is 0 Å². The number of hydrogen-bond donors (Lipinski definition) is 2. The molecule has 0 bridgehead atoms. The predicted octanol–water partition coefficient (Wildman–Crippen LogP) is -0.962. The van der Waals surface area contributed by atoms with Gasteiger partial charge in [0.15, 0.2) is 0 Å². The summed E-state index contributed by atoms with van der Waals surface area (Å²) in [4.78, 5) is 10.0. The number of rotatable bonds is 8. The van der Waals surface area contributed by atoms with E-state index >= 15 is 0 Å². The summed E-state index contributed by atoms with van der Waals surface area (Å²) >= 11 is 0. The largest absolute Gasteiger partial charge is 0.748 e. The molecule has 1 unspecified atom stereocenters. The lowest BCUT2D eigenvalue weighted by molar-refractivity contribution is -0.912. The Kier molecular flexibility index (Phi) is 6.68. The molecule has 0 rings (SSSR count). The van der Waals surface area contributed by atoms with E-state index < -0.39 is 34.7 Å². The molecule has 108 valence electrons. The molecule has 0 aliphatic rings. The molecular weight excluding hydrogens is 267 g/mol. The number of nitrogens with zero attached hydrogens (tertiary/aromatic N) is 1. The fraction of sp³-hybridized carbons (Fsp3) is 0.889. The van der Waals surface area contributed by atoms with Crippen LogP contribution in [0.3, 0.4) is 0 Å². The van der Waals surface area contributed by atoms with E-state index in [1.807, 2.05) is 5.32 Å². The first kappa shape index (κ1) is 17.2. The van der Waals surface area contributed by atoms with E-state index in [2.05, 4.69) is 0 Å². The van der Waals surface area contributed by atoms with Crippen LogP contribution in [0.4, 0.5) is 9.18 Å². The van der Waals surface area contributed by atoms with Crippen molar-refractivity contribution in [1.29, 1.82) is 0 Å². The Morgan fingerprint density at radius 3 is 2.44 bits per heavy atom. The van der Waals surface area contributed by atoms with E-state index in [1.165, 1.54) is 0 Å². The van der Waals surface area contributed by atoms with Gasteiger partial charge in [-0.3, -0.25) is 0 Å². The van der Waals surface area contributed by atoms with E-state index in [0.717, 1.165) is 0 Å². The maximum atomic E-state index is 11.9. The molecule has 0 aromatic rings. The van der Waals surface area contributed by atoms with Crippen LogP contribution in [-0.4, -0.2) is 74.3 Å². The molecule has 0 radical (unpaired) electrons. The third-order valence-corrected chi connectivity index (χ3v) is 3.56. The van der Waals surface area contributed by atoms with Gasteiger partial charge in [-0.15, -0.1) is 4.39 Å². The highest BCUT2D eigenvalue weighted by atomic mass is 32.2. The van der Waals surface area contributed by atoms with Crippen molar-refractivity contribution in [2.24, 2.45) is 0 Å². The SMILES string of the molecule is C[N+](C)(CCCNC(=O)F)C(CO)CS(=O)(=O)[O-]. The minimum Gasteiger partial charge on any atom is -0.748 e. The summed E-state index contributed by atoms with van der Waals surface area (Å²) in [6.45, 7) is 0.0598. The fourth-order valence-corrected chi connectivity index (χ4v) is 2.55. The van der Waals surface area contributed by atoms with Crippen LogP contribution in [0, 0.1) is 0 Å². The smallest absolute Gasteiger partial charge is 0.397 e. The molecule has 0 heterocycles. The summed E-state index contributed by atoms with van der Waals surface area (Å²) in [7, 11) is -1.11. The first-order valence-corrected chi connectivity index (χ1v) is 6.96. The Balaban J connectivity index is 4.34. The van der Waals surface area contributed by atoms with Crippen molar-refractivity contribution in [1.82, 2.24) is 5.32 Å². The fourth-order valence-electron chi connectivity index (χ4n) is 1.57. The van der Waals surface area contributed by atoms with Crippen molar-refractivity contribution >= 4 is 16.3 Å². The summed E-state index contributed by atoms with van der Waals surface area (Å²) in [5.41, 5.74) is 0. The number of carbonyl (C=O) groups is 1. The Labute approximate surface area is 106 Å². The lowest BCUT2D eigenvalue weighted by Gasteiger charge is -2.37. The number of hydrogen-bond acceptors (Lipinski definition) is 5. The second kappa shape index (κ2) is 6.98. The monoisotopic (exact) mass is 286 g/mol. The van der Waals surface area contributed by atoms with Gasteiger partial charge in [0.2, 0.25) is 0 Å². The Morgan fingerprint density at radius 2 is 2.06 bits per heavy atom. The number of amides is 1. The number of likely N-dealkylation sites (N-methyl/N-ethyl adjacent to an activating group) is 1. The van der Waals surface area contributed by atoms with E-state index in [-0.39, 0.29) is 11.0 Å². The molecule has 0 saturated heterocycles. The minimum atomic E-state index is -4.42. The molecule has 9 heteroatoms. The Bertz CT molecular complexity index is 371. The molecule has 18 heavy (non-hydrogen) atoms. The average Bonchev–Trinajstić information content (AvgIpc) is 2.19. The summed E-state index contributed by atoms with van der Waals surface area (Å²) in [5.74, 6) is -0.661. The van der Waals surface area contributed by atoms with Crippen molar-refractivity contribution in [3.05, 3.63) is 0 Å². The van der Waals surface area contributed by atoms with Crippen molar-refractivity contribution in [2.75, 3.05) is 39.5 Å². The van der Waals surface area contributed by atoms with Gasteiger partial charge in [0.1, 0.15) is 16.2 Å². The first-order valence-electron chi connectivity index (χ1n) is 5.39. The van der Waals surface area contributed by atoms with Crippen LogP contribution in [0.1, 0.15) is 6.42 Å². The molecule has 0 aromatic carbocycles. The highest BCUT2D eigenvalue weighted by Crippen LogP contribution is 2.10. The number of quaternary nitrogens is 1. The van der Waals surface area contributed by atoms with E-state index in [1.54, 1.807) is 14.1 Å². The van der Waals surface area contributed by atoms with Crippen molar-refractivity contribution in [2.45, 2.75) is 12.5 Å². The highest BCUT2D eigenvalue weighted by Gasteiger charge is 2.29. The normalized spacial score (nSPS) is 14.3. The zero-order chi connectivity index (χ0) is 14.4. The van der Waals surface area contributed by atoms with Crippen LogP contribution >= 0.6 is 0 Å². The third kappa shape index (κ3) is 7.54. The molecule has 0 saturated carbocycles. The van der Waals surface area contributed by atoms with Crippen LogP contribution in [0.2, 0.25) is 0 Å².